The van der Waals surface area contributed by atoms with Gasteiger partial charge in [0.15, 0.2) is 11.5 Å². The molecule has 0 saturated carbocycles. The molecule has 3 heterocycles. The van der Waals surface area contributed by atoms with Gasteiger partial charge in [-0.15, -0.1) is 0 Å². The Bertz CT molecular complexity index is 971. The van der Waals surface area contributed by atoms with Gasteiger partial charge in [0.2, 0.25) is 5.91 Å². The molecule has 2 fully saturated rings. The van der Waals surface area contributed by atoms with Crippen molar-refractivity contribution >= 4 is 35.0 Å². The molecule has 2 aliphatic heterocycles. The van der Waals surface area contributed by atoms with E-state index in [0.29, 0.717) is 41.1 Å². The first-order valence-electron chi connectivity index (χ1n) is 11.2. The number of rotatable bonds is 9. The lowest BCUT2D eigenvalue weighted by atomic mass is 10.1. The van der Waals surface area contributed by atoms with Crippen molar-refractivity contribution in [1.29, 1.82) is 0 Å². The van der Waals surface area contributed by atoms with Crippen LogP contribution in [-0.4, -0.2) is 66.9 Å². The van der Waals surface area contributed by atoms with Gasteiger partial charge in [-0.2, -0.15) is 0 Å². The number of carbonyl (C=O) groups is 2. The van der Waals surface area contributed by atoms with Crippen LogP contribution >= 0.6 is 23.2 Å². The van der Waals surface area contributed by atoms with E-state index < -0.39 is 0 Å². The first kappa shape index (κ1) is 24.0. The number of aromatic nitrogens is 1. The number of carbonyl (C=O) groups excluding carboxylic acids is 2. The molecule has 2 saturated heterocycles. The summed E-state index contributed by atoms with van der Waals surface area (Å²) in [5, 5.41) is 7.75. The highest BCUT2D eigenvalue weighted by atomic mass is 35.5. The molecule has 2 atom stereocenters. The number of amides is 2. The Morgan fingerprint density at radius 2 is 1.85 bits per heavy atom. The lowest BCUT2D eigenvalue weighted by molar-refractivity contribution is -0.121. The standard InChI is InChI=1S/C23H27Cl2N3O5/c24-15-5-6-18(19(25)11-15)21-12-20(27-33-21)23(30)28(14-17-4-2-10-32-17)8-7-22(29)26-13-16-3-1-9-31-16/h5-6,11-12,16-17H,1-4,7-10,13-14H2,(H,26,29)/t16-,17-/m0/s1. The highest BCUT2D eigenvalue weighted by Gasteiger charge is 2.27. The molecule has 0 bridgehead atoms. The summed E-state index contributed by atoms with van der Waals surface area (Å²) >= 11 is 12.2. The molecule has 0 spiro atoms. The van der Waals surface area contributed by atoms with Crippen LogP contribution in [-0.2, 0) is 14.3 Å². The van der Waals surface area contributed by atoms with Crippen LogP contribution in [0.2, 0.25) is 10.0 Å². The van der Waals surface area contributed by atoms with Crippen molar-refractivity contribution < 1.29 is 23.6 Å². The zero-order valence-electron chi connectivity index (χ0n) is 18.2. The minimum Gasteiger partial charge on any atom is -0.376 e. The van der Waals surface area contributed by atoms with E-state index in [2.05, 4.69) is 10.5 Å². The zero-order valence-corrected chi connectivity index (χ0v) is 19.7. The van der Waals surface area contributed by atoms with Crippen molar-refractivity contribution in [3.8, 4) is 11.3 Å². The van der Waals surface area contributed by atoms with E-state index >= 15 is 0 Å². The highest BCUT2D eigenvalue weighted by Crippen LogP contribution is 2.31. The monoisotopic (exact) mass is 495 g/mol. The summed E-state index contributed by atoms with van der Waals surface area (Å²) in [5.74, 6) is -0.0756. The van der Waals surface area contributed by atoms with Crippen LogP contribution < -0.4 is 5.32 Å². The molecular weight excluding hydrogens is 469 g/mol. The molecule has 4 rings (SSSR count). The van der Waals surface area contributed by atoms with E-state index in [1.807, 2.05) is 0 Å². The Balaban J connectivity index is 1.40. The molecule has 1 N–H and O–H groups in total. The molecular formula is C23H27Cl2N3O5. The summed E-state index contributed by atoms with van der Waals surface area (Å²) in [6.07, 6.45) is 4.00. The smallest absolute Gasteiger partial charge is 0.276 e. The molecule has 33 heavy (non-hydrogen) atoms. The molecule has 2 aliphatic rings. The Morgan fingerprint density at radius 1 is 1.09 bits per heavy atom. The first-order valence-corrected chi connectivity index (χ1v) is 12.0. The predicted molar refractivity (Wildman–Crippen MR) is 123 cm³/mol. The average Bonchev–Trinajstić information content (AvgIpc) is 3.57. The van der Waals surface area contributed by atoms with Crippen LogP contribution in [0.15, 0.2) is 28.8 Å². The van der Waals surface area contributed by atoms with Crippen LogP contribution in [0, 0.1) is 0 Å². The maximum absolute atomic E-state index is 13.2. The zero-order chi connectivity index (χ0) is 23.2. The third-order valence-corrected chi connectivity index (χ3v) is 6.37. The van der Waals surface area contributed by atoms with E-state index in [-0.39, 0.29) is 42.7 Å². The molecule has 0 unspecified atom stereocenters. The minimum absolute atomic E-state index is 0.0546. The molecule has 0 radical (unpaired) electrons. The Hall–Kier alpha value is -2.13. The van der Waals surface area contributed by atoms with Gasteiger partial charge >= 0.3 is 0 Å². The third kappa shape index (κ3) is 6.47. The Labute approximate surface area is 202 Å². The Kier molecular flexibility index (Phi) is 8.25. The van der Waals surface area contributed by atoms with Crippen molar-refractivity contribution in [2.75, 3.05) is 32.8 Å². The molecule has 8 nitrogen and oxygen atoms in total. The summed E-state index contributed by atoms with van der Waals surface area (Å²) in [6.45, 7) is 2.55. The van der Waals surface area contributed by atoms with Gasteiger partial charge in [-0.25, -0.2) is 0 Å². The quantitative estimate of drug-likeness (QED) is 0.565. The summed E-state index contributed by atoms with van der Waals surface area (Å²) in [6, 6.07) is 6.55. The molecule has 2 aromatic rings. The van der Waals surface area contributed by atoms with Crippen LogP contribution in [0.3, 0.4) is 0 Å². The SMILES string of the molecule is O=C(CCN(C[C@@H]1CCCO1)C(=O)c1cc(-c2ccc(Cl)cc2Cl)on1)NC[C@@H]1CCCO1. The van der Waals surface area contributed by atoms with E-state index in [0.717, 1.165) is 32.3 Å². The predicted octanol–water partition coefficient (Wildman–Crippen LogP) is 3.95. The van der Waals surface area contributed by atoms with E-state index in [9.17, 15) is 9.59 Å². The summed E-state index contributed by atoms with van der Waals surface area (Å²) in [7, 11) is 0. The normalized spacial score (nSPS) is 20.2. The number of hydrogen-bond donors (Lipinski definition) is 1. The lowest BCUT2D eigenvalue weighted by Crippen LogP contribution is -2.40. The van der Waals surface area contributed by atoms with Gasteiger partial charge in [-0.3, -0.25) is 9.59 Å². The van der Waals surface area contributed by atoms with Gasteiger partial charge in [0.25, 0.3) is 5.91 Å². The van der Waals surface area contributed by atoms with Crippen molar-refractivity contribution in [1.82, 2.24) is 15.4 Å². The largest absolute Gasteiger partial charge is 0.376 e. The van der Waals surface area contributed by atoms with Gasteiger partial charge < -0.3 is 24.2 Å². The summed E-state index contributed by atoms with van der Waals surface area (Å²) < 4.78 is 16.6. The molecule has 2 amide bonds. The first-order chi connectivity index (χ1) is 16.0. The van der Waals surface area contributed by atoms with Crippen LogP contribution in [0.25, 0.3) is 11.3 Å². The topological polar surface area (TPSA) is 93.9 Å². The van der Waals surface area contributed by atoms with Crippen molar-refractivity contribution in [3.63, 3.8) is 0 Å². The van der Waals surface area contributed by atoms with Crippen LogP contribution in [0.5, 0.6) is 0 Å². The van der Waals surface area contributed by atoms with Gasteiger partial charge in [-0.05, 0) is 43.9 Å². The van der Waals surface area contributed by atoms with Gasteiger partial charge in [0.1, 0.15) is 0 Å². The van der Waals surface area contributed by atoms with Crippen molar-refractivity contribution in [3.05, 3.63) is 40.0 Å². The van der Waals surface area contributed by atoms with Gasteiger partial charge in [-0.1, -0.05) is 28.4 Å². The maximum Gasteiger partial charge on any atom is 0.276 e. The average molecular weight is 496 g/mol. The van der Waals surface area contributed by atoms with E-state index in [1.54, 1.807) is 29.2 Å². The second-order valence-corrected chi connectivity index (χ2v) is 9.12. The highest BCUT2D eigenvalue weighted by molar-refractivity contribution is 6.36. The van der Waals surface area contributed by atoms with E-state index in [4.69, 9.17) is 37.2 Å². The Morgan fingerprint density at radius 3 is 2.55 bits per heavy atom. The number of ether oxygens (including phenoxy) is 2. The lowest BCUT2D eigenvalue weighted by Gasteiger charge is -2.24. The van der Waals surface area contributed by atoms with Gasteiger partial charge in [0, 0.05) is 55.9 Å². The fraction of sp³-hybridized carbons (Fsp3) is 0.522. The molecule has 1 aromatic carbocycles. The summed E-state index contributed by atoms with van der Waals surface area (Å²) in [4.78, 5) is 27.2. The molecule has 1 aromatic heterocycles. The van der Waals surface area contributed by atoms with Crippen molar-refractivity contribution in [2.24, 2.45) is 0 Å². The van der Waals surface area contributed by atoms with Crippen LogP contribution in [0.4, 0.5) is 0 Å². The molecule has 178 valence electrons. The number of halogens is 2. The van der Waals surface area contributed by atoms with E-state index in [1.165, 1.54) is 0 Å². The fourth-order valence-electron chi connectivity index (χ4n) is 4.02. The molecule has 0 aliphatic carbocycles. The number of benzene rings is 1. The third-order valence-electron chi connectivity index (χ3n) is 5.82. The number of nitrogens with zero attached hydrogens (tertiary/aromatic N) is 2. The maximum atomic E-state index is 13.2. The van der Waals surface area contributed by atoms with Crippen molar-refractivity contribution in [2.45, 2.75) is 44.3 Å². The summed E-state index contributed by atoms with van der Waals surface area (Å²) in [5.41, 5.74) is 0.737. The minimum atomic E-state index is -0.322. The second kappa shape index (κ2) is 11.3. The van der Waals surface area contributed by atoms with Gasteiger partial charge in [0.05, 0.1) is 17.2 Å². The fourth-order valence-corrected chi connectivity index (χ4v) is 4.52. The number of nitrogens with one attached hydrogen (secondary N) is 1. The number of hydrogen-bond acceptors (Lipinski definition) is 6. The molecule has 10 heteroatoms. The van der Waals surface area contributed by atoms with Crippen LogP contribution in [0.1, 0.15) is 42.6 Å². The second-order valence-electron chi connectivity index (χ2n) is 8.28.